The SMILES string of the molecule is N#Cc1cc(O[B]Oc2ccc(F)c(C#N)c2)ccc1F. The van der Waals surface area contributed by atoms with E-state index in [0.717, 1.165) is 19.8 Å². The molecule has 0 amide bonds. The monoisotopic (exact) mass is 283 g/mol. The minimum absolute atomic E-state index is 0.158. The molecule has 21 heavy (non-hydrogen) atoms. The summed E-state index contributed by atoms with van der Waals surface area (Å²) in [5.74, 6) is -0.892. The van der Waals surface area contributed by atoms with Crippen LogP contribution in [0.4, 0.5) is 8.78 Å². The molecule has 0 saturated heterocycles. The first-order valence-electron chi connectivity index (χ1n) is 5.68. The maximum atomic E-state index is 13.1. The molecule has 4 nitrogen and oxygen atoms in total. The number of benzene rings is 2. The third kappa shape index (κ3) is 3.49. The zero-order chi connectivity index (χ0) is 15.2. The van der Waals surface area contributed by atoms with Crippen LogP contribution in [0, 0.1) is 34.3 Å². The summed E-state index contributed by atoms with van der Waals surface area (Å²) >= 11 is 0. The molecule has 0 aliphatic heterocycles. The van der Waals surface area contributed by atoms with Crippen molar-refractivity contribution < 1.29 is 18.1 Å². The zero-order valence-electron chi connectivity index (χ0n) is 10.5. The van der Waals surface area contributed by atoms with E-state index in [1.807, 2.05) is 0 Å². The smallest absolute Gasteiger partial charge is 0.526 e. The Kier molecular flexibility index (Phi) is 4.38. The van der Waals surface area contributed by atoms with Crippen molar-refractivity contribution in [3.63, 3.8) is 0 Å². The summed E-state index contributed by atoms with van der Waals surface area (Å²) in [6, 6.07) is 10.6. The average molecular weight is 283 g/mol. The number of nitrogens with zero attached hydrogens (tertiary/aromatic N) is 2. The van der Waals surface area contributed by atoms with Crippen LogP contribution >= 0.6 is 0 Å². The largest absolute Gasteiger partial charge is 0.658 e. The minimum atomic E-state index is -0.650. The molecule has 2 aromatic carbocycles. The lowest BCUT2D eigenvalue weighted by molar-refractivity contribution is 0.457. The zero-order valence-corrected chi connectivity index (χ0v) is 10.5. The van der Waals surface area contributed by atoms with Crippen molar-refractivity contribution in [2.24, 2.45) is 0 Å². The highest BCUT2D eigenvalue weighted by Gasteiger charge is 2.08. The van der Waals surface area contributed by atoms with Crippen LogP contribution in [0.1, 0.15) is 11.1 Å². The van der Waals surface area contributed by atoms with E-state index in [9.17, 15) is 8.78 Å². The van der Waals surface area contributed by atoms with E-state index in [4.69, 9.17) is 19.8 Å². The first-order valence-corrected chi connectivity index (χ1v) is 5.68. The van der Waals surface area contributed by atoms with Crippen molar-refractivity contribution in [2.75, 3.05) is 0 Å². The topological polar surface area (TPSA) is 66.0 Å². The second-order valence-corrected chi connectivity index (χ2v) is 3.84. The van der Waals surface area contributed by atoms with Crippen molar-refractivity contribution >= 4 is 7.69 Å². The lowest BCUT2D eigenvalue weighted by atomic mass is 10.2. The van der Waals surface area contributed by atoms with Crippen LogP contribution in [-0.4, -0.2) is 7.69 Å². The maximum Gasteiger partial charge on any atom is 0.658 e. The minimum Gasteiger partial charge on any atom is -0.526 e. The summed E-state index contributed by atoms with van der Waals surface area (Å²) in [4.78, 5) is 0. The highest BCUT2D eigenvalue weighted by molar-refractivity contribution is 6.20. The van der Waals surface area contributed by atoms with Crippen LogP contribution < -0.4 is 9.31 Å². The Morgan fingerprint density at radius 3 is 1.62 bits per heavy atom. The Morgan fingerprint density at radius 1 is 0.810 bits per heavy atom. The molecule has 0 heterocycles. The second kappa shape index (κ2) is 6.40. The lowest BCUT2D eigenvalue weighted by Crippen LogP contribution is -2.11. The van der Waals surface area contributed by atoms with Gasteiger partial charge in [-0.1, -0.05) is 0 Å². The fourth-order valence-corrected chi connectivity index (χ4v) is 1.46. The molecule has 0 saturated carbocycles. The first kappa shape index (κ1) is 14.4. The van der Waals surface area contributed by atoms with E-state index in [1.165, 1.54) is 24.3 Å². The van der Waals surface area contributed by atoms with Crippen molar-refractivity contribution in [2.45, 2.75) is 0 Å². The van der Waals surface area contributed by atoms with Crippen LogP contribution in [0.25, 0.3) is 0 Å². The van der Waals surface area contributed by atoms with Crippen LogP contribution in [0.15, 0.2) is 36.4 Å². The van der Waals surface area contributed by atoms with Crippen molar-refractivity contribution in [1.29, 1.82) is 10.5 Å². The molecule has 7 heteroatoms. The van der Waals surface area contributed by atoms with Crippen LogP contribution in [0.3, 0.4) is 0 Å². The van der Waals surface area contributed by atoms with Gasteiger partial charge in [0.2, 0.25) is 0 Å². The highest BCUT2D eigenvalue weighted by Crippen LogP contribution is 2.18. The van der Waals surface area contributed by atoms with E-state index in [1.54, 1.807) is 12.1 Å². The number of hydrogen-bond donors (Lipinski definition) is 0. The van der Waals surface area contributed by atoms with Gasteiger partial charge in [-0.25, -0.2) is 8.78 Å². The van der Waals surface area contributed by atoms with Gasteiger partial charge in [0.25, 0.3) is 0 Å². The Labute approximate surface area is 120 Å². The molecule has 0 aliphatic carbocycles. The van der Waals surface area contributed by atoms with E-state index in [0.29, 0.717) is 0 Å². The molecule has 0 atom stereocenters. The molecule has 0 bridgehead atoms. The van der Waals surface area contributed by atoms with Gasteiger partial charge in [0.15, 0.2) is 0 Å². The highest BCUT2D eigenvalue weighted by atomic mass is 19.1. The average Bonchev–Trinajstić information content (AvgIpc) is 2.50. The molecule has 1 radical (unpaired) electrons. The van der Waals surface area contributed by atoms with Gasteiger partial charge >= 0.3 is 7.69 Å². The van der Waals surface area contributed by atoms with Gasteiger partial charge in [0, 0.05) is 0 Å². The van der Waals surface area contributed by atoms with Gasteiger partial charge in [-0.2, -0.15) is 10.5 Å². The summed E-state index contributed by atoms with van der Waals surface area (Å²) < 4.78 is 36.3. The van der Waals surface area contributed by atoms with Gasteiger partial charge in [0.1, 0.15) is 35.3 Å². The maximum absolute atomic E-state index is 13.1. The number of nitriles is 2. The molecular weight excluding hydrogens is 277 g/mol. The Bertz CT molecular complexity index is 690. The molecule has 2 aromatic rings. The molecule has 0 fully saturated rings. The molecule has 0 unspecified atom stereocenters. The summed E-state index contributed by atoms with van der Waals surface area (Å²) in [7, 11) is 0.933. The third-order valence-corrected chi connectivity index (χ3v) is 2.48. The summed E-state index contributed by atoms with van der Waals surface area (Å²) in [6.45, 7) is 0. The van der Waals surface area contributed by atoms with E-state index in [2.05, 4.69) is 0 Å². The van der Waals surface area contributed by atoms with E-state index >= 15 is 0 Å². The van der Waals surface area contributed by atoms with Gasteiger partial charge in [-0.3, -0.25) is 0 Å². The van der Waals surface area contributed by atoms with Crippen LogP contribution in [0.2, 0.25) is 0 Å². The predicted octanol–water partition coefficient (Wildman–Crippen LogP) is 2.70. The predicted molar refractivity (Wildman–Crippen MR) is 69.2 cm³/mol. The summed E-state index contributed by atoms with van der Waals surface area (Å²) in [5, 5.41) is 17.4. The Balaban J connectivity index is 1.99. The molecule has 2 rings (SSSR count). The molecule has 101 valence electrons. The van der Waals surface area contributed by atoms with Gasteiger partial charge in [0.05, 0.1) is 11.1 Å². The van der Waals surface area contributed by atoms with Crippen LogP contribution in [0.5, 0.6) is 11.5 Å². The van der Waals surface area contributed by atoms with Crippen LogP contribution in [-0.2, 0) is 0 Å². The molecule has 0 aliphatic rings. The van der Waals surface area contributed by atoms with E-state index in [-0.39, 0.29) is 22.6 Å². The fourth-order valence-electron chi connectivity index (χ4n) is 1.46. The summed E-state index contributed by atoms with van der Waals surface area (Å²) in [6.07, 6.45) is 0. The molecule has 0 N–H and O–H groups in total. The number of halogens is 2. The summed E-state index contributed by atoms with van der Waals surface area (Å²) in [5.41, 5.74) is -0.316. The van der Waals surface area contributed by atoms with Crippen molar-refractivity contribution in [1.82, 2.24) is 0 Å². The Morgan fingerprint density at radius 2 is 1.24 bits per heavy atom. The van der Waals surface area contributed by atoms with Crippen molar-refractivity contribution in [3.05, 3.63) is 59.2 Å². The van der Waals surface area contributed by atoms with Gasteiger partial charge in [-0.05, 0) is 36.4 Å². The second-order valence-electron chi connectivity index (χ2n) is 3.84. The standard InChI is InChI=1S/C14H6BF2N2O2/c16-13-3-1-11(5-9(13)7-18)20-15-21-12-2-4-14(17)10(6-12)8-19/h1-6H. The quantitative estimate of drug-likeness (QED) is 0.809. The van der Waals surface area contributed by atoms with Crippen molar-refractivity contribution in [3.8, 4) is 23.6 Å². The molecular formula is C14H6BF2N2O2. The fraction of sp³-hybridized carbons (Fsp3) is 0. The number of hydrogen-bond acceptors (Lipinski definition) is 4. The Hall–Kier alpha value is -3.06. The van der Waals surface area contributed by atoms with Gasteiger partial charge < -0.3 is 9.31 Å². The molecule has 0 aromatic heterocycles. The molecule has 0 spiro atoms. The third-order valence-electron chi connectivity index (χ3n) is 2.48. The number of rotatable bonds is 4. The first-order chi connectivity index (χ1) is 10.1. The van der Waals surface area contributed by atoms with E-state index < -0.39 is 11.6 Å². The lowest BCUT2D eigenvalue weighted by Gasteiger charge is -2.07. The normalized spacial score (nSPS) is 9.33. The van der Waals surface area contributed by atoms with Gasteiger partial charge in [-0.15, -0.1) is 0 Å².